The molecule has 0 radical (unpaired) electrons. The molecule has 1 saturated heterocycles. The van der Waals surface area contributed by atoms with Crippen LogP contribution in [-0.2, 0) is 4.74 Å². The third-order valence-electron chi connectivity index (χ3n) is 4.45. The predicted molar refractivity (Wildman–Crippen MR) is 99.6 cm³/mol. The van der Waals surface area contributed by atoms with E-state index in [1.807, 2.05) is 39.0 Å². The zero-order valence-corrected chi connectivity index (χ0v) is 15.5. The Labute approximate surface area is 149 Å². The molecule has 4 heteroatoms. The summed E-state index contributed by atoms with van der Waals surface area (Å²) < 4.78 is 5.48. The van der Waals surface area contributed by atoms with Crippen LogP contribution in [0.1, 0.15) is 44.4 Å². The summed E-state index contributed by atoms with van der Waals surface area (Å²) in [5.41, 5.74) is 3.96. The molecule has 1 aromatic heterocycles. The van der Waals surface area contributed by atoms with Crippen molar-refractivity contribution in [2.75, 3.05) is 13.1 Å². The van der Waals surface area contributed by atoms with Crippen LogP contribution in [0.2, 0.25) is 0 Å². The number of aromatic nitrogens is 1. The summed E-state index contributed by atoms with van der Waals surface area (Å²) in [7, 11) is 0. The topological polar surface area (TPSA) is 42.4 Å². The van der Waals surface area contributed by atoms with Crippen molar-refractivity contribution in [2.45, 2.75) is 45.6 Å². The van der Waals surface area contributed by atoms with Gasteiger partial charge < -0.3 is 9.64 Å². The molecule has 2 aromatic rings. The molecule has 0 saturated carbocycles. The molecule has 3 rings (SSSR count). The van der Waals surface area contributed by atoms with Gasteiger partial charge in [-0.25, -0.2) is 4.79 Å². The third-order valence-corrected chi connectivity index (χ3v) is 4.45. The predicted octanol–water partition coefficient (Wildman–Crippen LogP) is 4.78. The highest BCUT2D eigenvalue weighted by Gasteiger charge is 2.31. The van der Waals surface area contributed by atoms with Crippen LogP contribution in [0.15, 0.2) is 42.5 Å². The molecule has 1 atom stereocenters. The van der Waals surface area contributed by atoms with E-state index in [-0.39, 0.29) is 12.0 Å². The van der Waals surface area contributed by atoms with Gasteiger partial charge >= 0.3 is 6.09 Å². The Balaban J connectivity index is 1.75. The average molecular weight is 338 g/mol. The van der Waals surface area contributed by atoms with E-state index in [9.17, 15) is 4.79 Å². The molecule has 1 aliphatic rings. The molecule has 2 heterocycles. The first-order valence-corrected chi connectivity index (χ1v) is 8.84. The number of aryl methyl sites for hydroxylation is 1. The smallest absolute Gasteiger partial charge is 0.410 e. The lowest BCUT2D eigenvalue weighted by Crippen LogP contribution is -2.35. The largest absolute Gasteiger partial charge is 0.444 e. The summed E-state index contributed by atoms with van der Waals surface area (Å²) in [5, 5.41) is 0. The molecule has 1 fully saturated rings. The first kappa shape index (κ1) is 17.5. The highest BCUT2D eigenvalue weighted by molar-refractivity contribution is 5.68. The number of carbonyl (C=O) groups is 1. The molecule has 1 amide bonds. The molecule has 0 unspecified atom stereocenters. The molecule has 0 aliphatic carbocycles. The lowest BCUT2D eigenvalue weighted by molar-refractivity contribution is 0.0292. The molecule has 25 heavy (non-hydrogen) atoms. The summed E-state index contributed by atoms with van der Waals surface area (Å²) in [4.78, 5) is 18.9. The van der Waals surface area contributed by atoms with E-state index in [2.05, 4.69) is 31.2 Å². The molecule has 0 N–H and O–H groups in total. The highest BCUT2D eigenvalue weighted by atomic mass is 16.6. The number of nitrogens with zero attached hydrogens (tertiary/aromatic N) is 2. The van der Waals surface area contributed by atoms with E-state index < -0.39 is 5.60 Å². The molecular weight excluding hydrogens is 312 g/mol. The lowest BCUT2D eigenvalue weighted by Gasteiger charge is -2.24. The van der Waals surface area contributed by atoms with Crippen molar-refractivity contribution in [3.8, 4) is 11.3 Å². The van der Waals surface area contributed by atoms with Crippen LogP contribution in [0.4, 0.5) is 4.79 Å². The highest BCUT2D eigenvalue weighted by Crippen LogP contribution is 2.29. The Morgan fingerprint density at radius 3 is 2.64 bits per heavy atom. The van der Waals surface area contributed by atoms with Gasteiger partial charge in [0.05, 0.1) is 5.69 Å². The van der Waals surface area contributed by atoms with Crippen molar-refractivity contribution in [3.63, 3.8) is 0 Å². The van der Waals surface area contributed by atoms with Crippen molar-refractivity contribution >= 4 is 6.09 Å². The Kier molecular flexibility index (Phi) is 4.80. The molecule has 1 aliphatic heterocycles. The Bertz CT molecular complexity index is 764. The van der Waals surface area contributed by atoms with Gasteiger partial charge in [-0.1, -0.05) is 30.3 Å². The minimum atomic E-state index is -0.460. The van der Waals surface area contributed by atoms with E-state index in [1.54, 1.807) is 4.90 Å². The maximum Gasteiger partial charge on any atom is 0.410 e. The van der Waals surface area contributed by atoms with Crippen molar-refractivity contribution in [3.05, 3.63) is 53.7 Å². The minimum Gasteiger partial charge on any atom is -0.444 e. The number of rotatable bonds is 2. The number of hydrogen-bond donors (Lipinski definition) is 0. The second kappa shape index (κ2) is 6.87. The van der Waals surface area contributed by atoms with Crippen LogP contribution in [0.25, 0.3) is 11.3 Å². The zero-order chi connectivity index (χ0) is 18.0. The first-order valence-electron chi connectivity index (χ1n) is 8.84. The van der Waals surface area contributed by atoms with Crippen LogP contribution in [-0.4, -0.2) is 34.7 Å². The van der Waals surface area contributed by atoms with Gasteiger partial charge in [-0.05, 0) is 51.8 Å². The summed E-state index contributed by atoms with van der Waals surface area (Å²) in [6, 6.07) is 14.4. The number of pyridine rings is 1. The van der Waals surface area contributed by atoms with Gasteiger partial charge in [0.15, 0.2) is 0 Å². The van der Waals surface area contributed by atoms with E-state index in [4.69, 9.17) is 9.72 Å². The first-order chi connectivity index (χ1) is 11.8. The summed E-state index contributed by atoms with van der Waals surface area (Å²) in [6.45, 7) is 9.17. The zero-order valence-electron chi connectivity index (χ0n) is 15.5. The monoisotopic (exact) mass is 338 g/mol. The van der Waals surface area contributed by atoms with Crippen molar-refractivity contribution < 1.29 is 9.53 Å². The Morgan fingerprint density at radius 2 is 1.92 bits per heavy atom. The Morgan fingerprint density at radius 1 is 1.16 bits per heavy atom. The lowest BCUT2D eigenvalue weighted by atomic mass is 10.0. The molecule has 0 bridgehead atoms. The summed E-state index contributed by atoms with van der Waals surface area (Å²) in [5.74, 6) is 0.261. The summed E-state index contributed by atoms with van der Waals surface area (Å²) >= 11 is 0. The molecule has 132 valence electrons. The molecule has 0 spiro atoms. The fourth-order valence-corrected chi connectivity index (χ4v) is 3.18. The van der Waals surface area contributed by atoms with Crippen molar-refractivity contribution in [2.24, 2.45) is 0 Å². The molecule has 4 nitrogen and oxygen atoms in total. The number of likely N-dealkylation sites (tertiary alicyclic amines) is 1. The maximum absolute atomic E-state index is 12.3. The van der Waals surface area contributed by atoms with Crippen molar-refractivity contribution in [1.82, 2.24) is 9.88 Å². The van der Waals surface area contributed by atoms with E-state index in [0.717, 1.165) is 29.9 Å². The van der Waals surface area contributed by atoms with Crippen LogP contribution < -0.4 is 0 Å². The number of hydrogen-bond acceptors (Lipinski definition) is 3. The number of carbonyl (C=O) groups excluding carboxylic acids is 1. The van der Waals surface area contributed by atoms with Gasteiger partial charge in [-0.3, -0.25) is 4.98 Å². The van der Waals surface area contributed by atoms with E-state index >= 15 is 0 Å². The van der Waals surface area contributed by atoms with Crippen LogP contribution in [0.3, 0.4) is 0 Å². The maximum atomic E-state index is 12.3. The number of amides is 1. The van der Waals surface area contributed by atoms with Gasteiger partial charge in [0.1, 0.15) is 5.60 Å². The Hall–Kier alpha value is -2.36. The van der Waals surface area contributed by atoms with Gasteiger partial charge in [-0.2, -0.15) is 0 Å². The quantitative estimate of drug-likeness (QED) is 0.791. The summed E-state index contributed by atoms with van der Waals surface area (Å²) in [6.07, 6.45) is 0.689. The fourth-order valence-electron chi connectivity index (χ4n) is 3.18. The van der Waals surface area contributed by atoms with Gasteiger partial charge in [0.2, 0.25) is 0 Å². The molecule has 1 aromatic carbocycles. The fraction of sp³-hybridized carbons (Fsp3) is 0.429. The normalized spacial score (nSPS) is 17.6. The van der Waals surface area contributed by atoms with Crippen LogP contribution in [0.5, 0.6) is 0 Å². The second-order valence-corrected chi connectivity index (χ2v) is 7.67. The standard InChI is InChI=1S/C21H26N2O2/c1-15-8-5-6-9-17(15)19-11-7-10-18(22-19)16-12-13-23(14-16)20(24)25-21(2,3)4/h5-11,16H,12-14H2,1-4H3/t16-/m0/s1. The molecular formula is C21H26N2O2. The second-order valence-electron chi connectivity index (χ2n) is 7.67. The van der Waals surface area contributed by atoms with Gasteiger partial charge in [0.25, 0.3) is 0 Å². The van der Waals surface area contributed by atoms with E-state index in [0.29, 0.717) is 6.54 Å². The van der Waals surface area contributed by atoms with Gasteiger partial charge in [-0.15, -0.1) is 0 Å². The van der Waals surface area contributed by atoms with E-state index in [1.165, 1.54) is 5.56 Å². The third kappa shape index (κ3) is 4.19. The minimum absolute atomic E-state index is 0.231. The van der Waals surface area contributed by atoms with Crippen molar-refractivity contribution in [1.29, 1.82) is 0 Å². The number of benzene rings is 1. The van der Waals surface area contributed by atoms with Gasteiger partial charge in [0, 0.05) is 30.3 Å². The van der Waals surface area contributed by atoms with Crippen LogP contribution >= 0.6 is 0 Å². The SMILES string of the molecule is Cc1ccccc1-c1cccc([C@H]2CCN(C(=O)OC(C)(C)C)C2)n1. The van der Waals surface area contributed by atoms with Crippen LogP contribution in [0, 0.1) is 6.92 Å². The number of ether oxygens (including phenoxy) is 1. The average Bonchev–Trinajstić information content (AvgIpc) is 3.04.